The molecule has 0 spiro atoms. The molecule has 0 atom stereocenters. The van der Waals surface area contributed by atoms with Crippen LogP contribution in [0.25, 0.3) is 22.3 Å². The Hall–Kier alpha value is -5.44. The molecule has 0 radical (unpaired) electrons. The van der Waals surface area contributed by atoms with Crippen molar-refractivity contribution in [3.05, 3.63) is 160 Å². The minimum Gasteiger partial charge on any atom is -0.449 e. The van der Waals surface area contributed by atoms with Gasteiger partial charge in [0.05, 0.1) is 12.2 Å². The Balaban J connectivity index is 1.75. The van der Waals surface area contributed by atoms with Crippen LogP contribution in [0.5, 0.6) is 0 Å². The lowest BCUT2D eigenvalue weighted by molar-refractivity contribution is -0.137. The number of hydrogen-bond acceptors (Lipinski definition) is 4. The molecule has 9 heteroatoms. The number of rotatable bonds is 6. The molecule has 0 saturated heterocycles. The molecule has 0 fully saturated rings. The number of pyridine rings is 1. The van der Waals surface area contributed by atoms with Crippen molar-refractivity contribution in [2.75, 3.05) is 6.61 Å². The number of aromatic nitrogens is 3. The number of carbonyl (C=O) groups is 1. The van der Waals surface area contributed by atoms with Gasteiger partial charge in [0.25, 0.3) is 0 Å². The van der Waals surface area contributed by atoms with Crippen LogP contribution in [-0.2, 0) is 16.5 Å². The molecule has 2 heterocycles. The number of fused-ring (bicyclic) bond motifs is 1. The van der Waals surface area contributed by atoms with Crippen LogP contribution in [0.4, 0.5) is 18.0 Å². The molecule has 0 aliphatic carbocycles. The van der Waals surface area contributed by atoms with Crippen molar-refractivity contribution >= 4 is 17.3 Å². The highest BCUT2D eigenvalue weighted by molar-refractivity contribution is 5.88. The zero-order chi connectivity index (χ0) is 30.9. The molecular formula is C35H26F3N3O3. The van der Waals surface area contributed by atoms with Crippen molar-refractivity contribution in [1.29, 1.82) is 0 Å². The van der Waals surface area contributed by atoms with Crippen molar-refractivity contribution in [2.24, 2.45) is 0 Å². The topological polar surface area (TPSA) is 66.1 Å². The number of alkyl halides is 3. The van der Waals surface area contributed by atoms with E-state index in [1.807, 2.05) is 91.0 Å². The van der Waals surface area contributed by atoms with Crippen molar-refractivity contribution in [3.63, 3.8) is 0 Å². The molecule has 0 bridgehead atoms. The monoisotopic (exact) mass is 593 g/mol. The maximum Gasteiger partial charge on any atom is 0.422 e. The van der Waals surface area contributed by atoms with Crippen molar-refractivity contribution in [3.8, 4) is 11.1 Å². The molecule has 6 aromatic rings. The van der Waals surface area contributed by atoms with Gasteiger partial charge in [-0.25, -0.2) is 14.6 Å². The molecule has 0 N–H and O–H groups in total. The molecule has 6 rings (SSSR count). The highest BCUT2D eigenvalue weighted by Gasteiger charge is 2.43. The Morgan fingerprint density at radius 2 is 1.25 bits per heavy atom. The van der Waals surface area contributed by atoms with Crippen LogP contribution < -0.4 is 5.69 Å². The summed E-state index contributed by atoms with van der Waals surface area (Å²) >= 11 is 0. The fourth-order valence-electron chi connectivity index (χ4n) is 5.70. The third-order valence-corrected chi connectivity index (χ3v) is 7.57. The average Bonchev–Trinajstić information content (AvgIpc) is 3.34. The van der Waals surface area contributed by atoms with Crippen LogP contribution in [-0.4, -0.2) is 26.8 Å². The van der Waals surface area contributed by atoms with Gasteiger partial charge in [-0.1, -0.05) is 103 Å². The van der Waals surface area contributed by atoms with E-state index in [9.17, 15) is 22.8 Å². The number of nitrogens with zero attached hydrogens (tertiary/aromatic N) is 3. The second-order valence-electron chi connectivity index (χ2n) is 10.1. The minimum absolute atomic E-state index is 0.000107. The van der Waals surface area contributed by atoms with Gasteiger partial charge >= 0.3 is 18.0 Å². The smallest absolute Gasteiger partial charge is 0.422 e. The normalized spacial score (nSPS) is 11.9. The summed E-state index contributed by atoms with van der Waals surface area (Å²) in [5, 5.41) is 0. The molecule has 220 valence electrons. The first-order valence-electron chi connectivity index (χ1n) is 13.9. The lowest BCUT2D eigenvalue weighted by atomic mass is 9.76. The number of halogens is 3. The summed E-state index contributed by atoms with van der Waals surface area (Å²) < 4.78 is 48.3. The molecule has 2 aromatic heterocycles. The van der Waals surface area contributed by atoms with E-state index < -0.39 is 29.1 Å². The maximum atomic E-state index is 14.6. The Bertz CT molecular complexity index is 1910. The lowest BCUT2D eigenvalue weighted by Gasteiger charge is -2.36. The molecule has 0 aliphatic heterocycles. The maximum absolute atomic E-state index is 14.6. The van der Waals surface area contributed by atoms with Gasteiger partial charge in [0.15, 0.2) is 5.65 Å². The van der Waals surface area contributed by atoms with Crippen LogP contribution >= 0.6 is 0 Å². The first-order valence-corrected chi connectivity index (χ1v) is 13.9. The second-order valence-corrected chi connectivity index (χ2v) is 10.1. The van der Waals surface area contributed by atoms with Gasteiger partial charge in [-0.3, -0.25) is 4.57 Å². The number of ether oxygens (including phenoxy) is 1. The number of benzene rings is 4. The Kier molecular flexibility index (Phi) is 7.38. The summed E-state index contributed by atoms with van der Waals surface area (Å²) in [4.78, 5) is 32.7. The van der Waals surface area contributed by atoms with Crippen LogP contribution in [0.3, 0.4) is 0 Å². The van der Waals surface area contributed by atoms with Gasteiger partial charge in [0.1, 0.15) is 11.1 Å². The van der Waals surface area contributed by atoms with E-state index in [0.29, 0.717) is 5.56 Å². The first kappa shape index (κ1) is 28.7. The third-order valence-electron chi connectivity index (χ3n) is 7.57. The SMILES string of the molecule is CCOC(=O)n1c(=O)n(C(c2ccccc2)(c2ccccc2)c2ccccc2)c2ncc(-c3cccc(C(F)(F)F)c3)cc21. The summed E-state index contributed by atoms with van der Waals surface area (Å²) in [7, 11) is 0. The van der Waals surface area contributed by atoms with E-state index in [2.05, 4.69) is 4.98 Å². The third kappa shape index (κ3) is 4.76. The van der Waals surface area contributed by atoms with Crippen LogP contribution in [0.2, 0.25) is 0 Å². The number of hydrogen-bond donors (Lipinski definition) is 0. The van der Waals surface area contributed by atoms with E-state index in [1.54, 1.807) is 6.92 Å². The van der Waals surface area contributed by atoms with E-state index >= 15 is 0 Å². The van der Waals surface area contributed by atoms with E-state index in [4.69, 9.17) is 4.74 Å². The standard InChI is InChI=1S/C35H26F3N3O3/c1-2-44-33(43)40-30-22-25(24-13-12-20-29(21-24)35(36,37)38)23-39-31(30)41(32(40)42)34(26-14-6-3-7-15-26,27-16-8-4-9-17-27)28-18-10-5-11-19-28/h3-23H,2H2,1H3. The molecule has 44 heavy (non-hydrogen) atoms. The predicted octanol–water partition coefficient (Wildman–Crippen LogP) is 7.73. The summed E-state index contributed by atoms with van der Waals surface area (Å²) in [6.45, 7) is 1.62. The van der Waals surface area contributed by atoms with Crippen molar-refractivity contribution in [2.45, 2.75) is 18.6 Å². The Labute approximate surface area is 250 Å². The highest BCUT2D eigenvalue weighted by Crippen LogP contribution is 2.42. The van der Waals surface area contributed by atoms with E-state index in [0.717, 1.165) is 33.4 Å². The van der Waals surface area contributed by atoms with Gasteiger partial charge < -0.3 is 4.74 Å². The van der Waals surface area contributed by atoms with Crippen LogP contribution in [0.1, 0.15) is 29.2 Å². The Morgan fingerprint density at radius 1 is 0.727 bits per heavy atom. The molecule has 0 saturated carbocycles. The van der Waals surface area contributed by atoms with Gasteiger partial charge in [0, 0.05) is 11.8 Å². The van der Waals surface area contributed by atoms with Crippen molar-refractivity contribution in [1.82, 2.24) is 14.1 Å². The average molecular weight is 594 g/mol. The van der Waals surface area contributed by atoms with Crippen LogP contribution in [0, 0.1) is 0 Å². The predicted molar refractivity (Wildman–Crippen MR) is 161 cm³/mol. The van der Waals surface area contributed by atoms with Gasteiger partial charge in [0.2, 0.25) is 0 Å². The van der Waals surface area contributed by atoms with Crippen LogP contribution in [0.15, 0.2) is 132 Å². The highest BCUT2D eigenvalue weighted by atomic mass is 19.4. The molecule has 0 aliphatic rings. The number of carbonyl (C=O) groups excluding carboxylic acids is 1. The zero-order valence-corrected chi connectivity index (χ0v) is 23.5. The summed E-state index contributed by atoms with van der Waals surface area (Å²) in [6.07, 6.45) is -4.06. The molecule has 0 unspecified atom stereocenters. The molecule has 6 nitrogen and oxygen atoms in total. The lowest BCUT2D eigenvalue weighted by Crippen LogP contribution is -2.45. The Morgan fingerprint density at radius 3 is 1.75 bits per heavy atom. The quantitative estimate of drug-likeness (QED) is 0.186. The number of imidazole rings is 1. The summed E-state index contributed by atoms with van der Waals surface area (Å²) in [6, 6.07) is 34.5. The van der Waals surface area contributed by atoms with E-state index in [1.165, 1.54) is 29.0 Å². The molecule has 4 aromatic carbocycles. The van der Waals surface area contributed by atoms with Gasteiger partial charge in [-0.2, -0.15) is 17.7 Å². The second kappa shape index (κ2) is 11.3. The van der Waals surface area contributed by atoms with Gasteiger partial charge in [-0.05, 0) is 47.4 Å². The van der Waals surface area contributed by atoms with Gasteiger partial charge in [-0.15, -0.1) is 0 Å². The summed E-state index contributed by atoms with van der Waals surface area (Å²) in [5.74, 6) is 0. The first-order chi connectivity index (χ1) is 21.3. The van der Waals surface area contributed by atoms with E-state index in [-0.39, 0.29) is 23.3 Å². The minimum atomic E-state index is -4.55. The van der Waals surface area contributed by atoms with Crippen molar-refractivity contribution < 1.29 is 22.7 Å². The fourth-order valence-corrected chi connectivity index (χ4v) is 5.70. The summed E-state index contributed by atoms with van der Waals surface area (Å²) in [5.41, 5.74) is 0.0975. The molecule has 0 amide bonds. The largest absolute Gasteiger partial charge is 0.449 e. The fraction of sp³-hybridized carbons (Fsp3) is 0.114. The zero-order valence-electron chi connectivity index (χ0n) is 23.5. The molecular weight excluding hydrogens is 567 g/mol.